The van der Waals surface area contributed by atoms with Crippen molar-refractivity contribution in [3.63, 3.8) is 0 Å². The van der Waals surface area contributed by atoms with Crippen molar-refractivity contribution in [2.45, 2.75) is 19.3 Å². The van der Waals surface area contributed by atoms with E-state index in [9.17, 15) is 9.18 Å². The van der Waals surface area contributed by atoms with Gasteiger partial charge < -0.3 is 9.64 Å². The normalized spacial score (nSPS) is 14.4. The van der Waals surface area contributed by atoms with E-state index in [0.717, 1.165) is 0 Å². The molecule has 2 aromatic carbocycles. The summed E-state index contributed by atoms with van der Waals surface area (Å²) in [5, 5.41) is 8.68. The van der Waals surface area contributed by atoms with Crippen molar-refractivity contribution in [3.8, 4) is 5.75 Å². The molecule has 1 aliphatic rings. The molecule has 0 radical (unpaired) electrons. The lowest BCUT2D eigenvalue weighted by Crippen LogP contribution is -2.42. The van der Waals surface area contributed by atoms with E-state index >= 15 is 0 Å². The first-order valence-electron chi connectivity index (χ1n) is 8.03. The second-order valence-electron chi connectivity index (χ2n) is 6.02. The summed E-state index contributed by atoms with van der Waals surface area (Å²) in [5.41, 5.74) is 1.00. The van der Waals surface area contributed by atoms with Gasteiger partial charge >= 0.3 is 0 Å². The second kappa shape index (κ2) is 7.23. The number of fused-ring (bicyclic) bond motifs is 1. The molecule has 0 fully saturated rings. The Balaban J connectivity index is 1.77. The third kappa shape index (κ3) is 3.66. The minimum atomic E-state index is -0.407. The van der Waals surface area contributed by atoms with Gasteiger partial charge in [-0.05, 0) is 35.7 Å². The first-order chi connectivity index (χ1) is 12.0. The maximum Gasteiger partial charge on any atom is 0.272 e. The maximum atomic E-state index is 13.9. The van der Waals surface area contributed by atoms with E-state index in [1.807, 2.05) is 6.92 Å². The summed E-state index contributed by atoms with van der Waals surface area (Å²) < 4.78 is 19.4. The lowest BCUT2D eigenvalue weighted by molar-refractivity contribution is -0.113. The number of ether oxygens (including phenoxy) is 1. The Morgan fingerprint density at radius 2 is 2.12 bits per heavy atom. The number of benzene rings is 2. The van der Waals surface area contributed by atoms with Gasteiger partial charge in [0.05, 0.1) is 17.9 Å². The van der Waals surface area contributed by atoms with Crippen molar-refractivity contribution in [2.24, 2.45) is 0 Å². The van der Waals surface area contributed by atoms with Gasteiger partial charge in [-0.25, -0.2) is 4.39 Å². The monoisotopic (exact) mass is 360 g/mol. The van der Waals surface area contributed by atoms with Crippen LogP contribution in [-0.2, 0) is 4.79 Å². The van der Waals surface area contributed by atoms with Gasteiger partial charge in [-0.1, -0.05) is 36.7 Å². The van der Waals surface area contributed by atoms with Crippen LogP contribution >= 0.6 is 11.6 Å². The van der Waals surface area contributed by atoms with E-state index in [2.05, 4.69) is 0 Å². The molecule has 2 aromatic rings. The summed E-state index contributed by atoms with van der Waals surface area (Å²) in [5.74, 6) is -0.426. The van der Waals surface area contributed by atoms with Crippen LogP contribution in [-0.4, -0.2) is 24.8 Å². The number of amides is 1. The Kier molecular flexibility index (Phi) is 5.04. The molecule has 0 aliphatic carbocycles. The number of hydrogen-bond acceptors (Lipinski definition) is 3. The number of halogens is 2. The standard InChI is InChI=1S/C19H18ClFN2O2/c1-12(14-4-2-3-5-15(14)21)10-16(22)19(24)23-8-9-25-18-7-6-13(20)11-17(18)23/h2-7,11-12,22H,8-10H2,1H3. The van der Waals surface area contributed by atoms with Crippen LogP contribution in [0, 0.1) is 11.2 Å². The fraction of sp³-hybridized carbons (Fsp3) is 0.263. The van der Waals surface area contributed by atoms with Crippen LogP contribution in [0.2, 0.25) is 5.02 Å². The average molecular weight is 361 g/mol. The Morgan fingerprint density at radius 1 is 1.36 bits per heavy atom. The summed E-state index contributed by atoms with van der Waals surface area (Å²) in [6, 6.07) is 11.5. The molecule has 1 heterocycles. The van der Waals surface area contributed by atoms with Crippen LogP contribution in [0.1, 0.15) is 24.8 Å². The van der Waals surface area contributed by atoms with Crippen LogP contribution in [0.4, 0.5) is 10.1 Å². The third-order valence-corrected chi connectivity index (χ3v) is 4.47. The molecule has 4 nitrogen and oxygen atoms in total. The zero-order chi connectivity index (χ0) is 18.0. The molecule has 0 saturated carbocycles. The first kappa shape index (κ1) is 17.4. The zero-order valence-corrected chi connectivity index (χ0v) is 14.5. The molecule has 0 spiro atoms. The zero-order valence-electron chi connectivity index (χ0n) is 13.8. The van der Waals surface area contributed by atoms with Crippen molar-refractivity contribution in [3.05, 3.63) is 58.9 Å². The summed E-state index contributed by atoms with van der Waals surface area (Å²) in [4.78, 5) is 14.2. The van der Waals surface area contributed by atoms with Crippen molar-refractivity contribution in [1.82, 2.24) is 0 Å². The smallest absolute Gasteiger partial charge is 0.272 e. The van der Waals surface area contributed by atoms with Crippen LogP contribution in [0.5, 0.6) is 5.75 Å². The number of anilines is 1. The lowest BCUT2D eigenvalue weighted by atomic mass is 9.94. The van der Waals surface area contributed by atoms with E-state index in [-0.39, 0.29) is 23.9 Å². The molecule has 6 heteroatoms. The fourth-order valence-corrected chi connectivity index (χ4v) is 3.11. The van der Waals surface area contributed by atoms with Crippen LogP contribution in [0.25, 0.3) is 0 Å². The Bertz CT molecular complexity index is 825. The molecule has 1 unspecified atom stereocenters. The van der Waals surface area contributed by atoms with Gasteiger partial charge in [-0.15, -0.1) is 0 Å². The Labute approximate surface area is 150 Å². The molecule has 1 amide bonds. The van der Waals surface area contributed by atoms with Gasteiger partial charge in [-0.2, -0.15) is 0 Å². The minimum Gasteiger partial charge on any atom is -0.490 e. The summed E-state index contributed by atoms with van der Waals surface area (Å²) >= 11 is 6.02. The second-order valence-corrected chi connectivity index (χ2v) is 6.46. The summed E-state index contributed by atoms with van der Waals surface area (Å²) in [7, 11) is 0. The van der Waals surface area contributed by atoms with Crippen molar-refractivity contribution >= 4 is 28.9 Å². The number of rotatable bonds is 4. The van der Waals surface area contributed by atoms with E-state index in [4.69, 9.17) is 21.7 Å². The molecule has 1 atom stereocenters. The van der Waals surface area contributed by atoms with E-state index in [1.54, 1.807) is 36.4 Å². The molecule has 25 heavy (non-hydrogen) atoms. The highest BCUT2D eigenvalue weighted by atomic mass is 35.5. The van der Waals surface area contributed by atoms with Crippen molar-refractivity contribution in [2.75, 3.05) is 18.1 Å². The van der Waals surface area contributed by atoms with Crippen molar-refractivity contribution in [1.29, 1.82) is 5.41 Å². The molecule has 1 N–H and O–H groups in total. The molecule has 1 aliphatic heterocycles. The van der Waals surface area contributed by atoms with Crippen LogP contribution in [0.3, 0.4) is 0 Å². The van der Waals surface area contributed by atoms with E-state index in [1.165, 1.54) is 11.0 Å². The number of carbonyl (C=O) groups excluding carboxylic acids is 1. The van der Waals surface area contributed by atoms with Gasteiger partial charge in [-0.3, -0.25) is 10.2 Å². The molecule has 3 rings (SSSR count). The minimum absolute atomic E-state index is 0.0661. The molecule has 130 valence electrons. The topological polar surface area (TPSA) is 53.4 Å². The largest absolute Gasteiger partial charge is 0.490 e. The SMILES string of the molecule is CC(CC(=N)C(=O)N1CCOc2ccc(Cl)cc21)c1ccccc1F. The molecule has 0 aromatic heterocycles. The predicted molar refractivity (Wildman–Crippen MR) is 96.5 cm³/mol. The third-order valence-electron chi connectivity index (χ3n) is 4.23. The summed E-state index contributed by atoms with van der Waals surface area (Å²) in [6.07, 6.45) is 0.160. The van der Waals surface area contributed by atoms with E-state index < -0.39 is 5.91 Å². The van der Waals surface area contributed by atoms with Crippen molar-refractivity contribution < 1.29 is 13.9 Å². The average Bonchev–Trinajstić information content (AvgIpc) is 2.60. The number of carbonyl (C=O) groups is 1. The highest BCUT2D eigenvalue weighted by Crippen LogP contribution is 2.34. The van der Waals surface area contributed by atoms with E-state index in [0.29, 0.717) is 35.2 Å². The molecule has 0 bridgehead atoms. The highest BCUT2D eigenvalue weighted by molar-refractivity contribution is 6.43. The highest BCUT2D eigenvalue weighted by Gasteiger charge is 2.27. The Morgan fingerprint density at radius 3 is 2.88 bits per heavy atom. The quantitative estimate of drug-likeness (QED) is 0.820. The lowest BCUT2D eigenvalue weighted by Gasteiger charge is -2.30. The van der Waals surface area contributed by atoms with Gasteiger partial charge in [0.2, 0.25) is 0 Å². The molecular weight excluding hydrogens is 343 g/mol. The van der Waals surface area contributed by atoms with Crippen LogP contribution in [0.15, 0.2) is 42.5 Å². The number of nitrogens with zero attached hydrogens (tertiary/aromatic N) is 1. The Hall–Kier alpha value is -2.40. The number of hydrogen-bond donors (Lipinski definition) is 1. The fourth-order valence-electron chi connectivity index (χ4n) is 2.94. The van der Waals surface area contributed by atoms with Crippen LogP contribution < -0.4 is 9.64 Å². The van der Waals surface area contributed by atoms with Gasteiger partial charge in [0.25, 0.3) is 5.91 Å². The summed E-state index contributed by atoms with van der Waals surface area (Å²) in [6.45, 7) is 2.52. The maximum absolute atomic E-state index is 13.9. The number of nitrogens with one attached hydrogen (secondary N) is 1. The van der Waals surface area contributed by atoms with Gasteiger partial charge in [0, 0.05) is 11.4 Å². The predicted octanol–water partition coefficient (Wildman–Crippen LogP) is 4.42. The molecular formula is C19H18ClFN2O2. The first-order valence-corrected chi connectivity index (χ1v) is 8.41. The molecule has 0 saturated heterocycles. The van der Waals surface area contributed by atoms with Gasteiger partial charge in [0.15, 0.2) is 0 Å². The van der Waals surface area contributed by atoms with Gasteiger partial charge in [0.1, 0.15) is 18.2 Å².